The SMILES string of the molecule is CCC(O)c1ccccc1-n1ccc(C2CC2)n1. The van der Waals surface area contributed by atoms with Crippen LogP contribution in [0.4, 0.5) is 0 Å². The number of aliphatic hydroxyl groups is 1. The maximum atomic E-state index is 10.1. The molecule has 1 saturated carbocycles. The number of hydrogen-bond donors (Lipinski definition) is 1. The molecular weight excluding hydrogens is 224 g/mol. The molecule has 1 aromatic heterocycles. The highest BCUT2D eigenvalue weighted by Crippen LogP contribution is 2.39. The largest absolute Gasteiger partial charge is 0.388 e. The van der Waals surface area contributed by atoms with Crippen molar-refractivity contribution in [3.8, 4) is 5.69 Å². The fourth-order valence-corrected chi connectivity index (χ4v) is 2.27. The summed E-state index contributed by atoms with van der Waals surface area (Å²) in [5, 5.41) is 14.7. The predicted octanol–water partition coefficient (Wildman–Crippen LogP) is 3.19. The Balaban J connectivity index is 1.98. The van der Waals surface area contributed by atoms with Gasteiger partial charge in [-0.05, 0) is 31.4 Å². The average Bonchev–Trinajstić information content (AvgIpc) is 3.16. The first-order valence-electron chi connectivity index (χ1n) is 6.62. The second-order valence-corrected chi connectivity index (χ2v) is 4.94. The van der Waals surface area contributed by atoms with E-state index in [1.54, 1.807) is 0 Å². The van der Waals surface area contributed by atoms with E-state index in [-0.39, 0.29) is 0 Å². The van der Waals surface area contributed by atoms with Gasteiger partial charge < -0.3 is 5.11 Å². The molecule has 1 atom stereocenters. The molecule has 1 aromatic carbocycles. The van der Waals surface area contributed by atoms with Gasteiger partial charge in [-0.1, -0.05) is 25.1 Å². The van der Waals surface area contributed by atoms with E-state index in [4.69, 9.17) is 0 Å². The van der Waals surface area contributed by atoms with Gasteiger partial charge in [-0.2, -0.15) is 5.10 Å². The minimum Gasteiger partial charge on any atom is -0.388 e. The van der Waals surface area contributed by atoms with Gasteiger partial charge in [0.05, 0.1) is 17.5 Å². The van der Waals surface area contributed by atoms with Gasteiger partial charge in [0.1, 0.15) is 0 Å². The van der Waals surface area contributed by atoms with Crippen molar-refractivity contribution in [1.82, 2.24) is 9.78 Å². The minimum absolute atomic E-state index is 0.422. The highest BCUT2D eigenvalue weighted by atomic mass is 16.3. The van der Waals surface area contributed by atoms with Crippen molar-refractivity contribution in [3.05, 3.63) is 47.8 Å². The van der Waals surface area contributed by atoms with Crippen molar-refractivity contribution < 1.29 is 5.11 Å². The second kappa shape index (κ2) is 4.58. The number of rotatable bonds is 4. The van der Waals surface area contributed by atoms with Crippen LogP contribution >= 0.6 is 0 Å². The van der Waals surface area contributed by atoms with Gasteiger partial charge in [-0.3, -0.25) is 0 Å². The molecule has 0 amide bonds. The summed E-state index contributed by atoms with van der Waals surface area (Å²) in [5.41, 5.74) is 3.11. The van der Waals surface area contributed by atoms with Crippen molar-refractivity contribution in [2.75, 3.05) is 0 Å². The molecular formula is C15H18N2O. The molecule has 94 valence electrons. The molecule has 1 heterocycles. The van der Waals surface area contributed by atoms with Crippen LogP contribution in [0.5, 0.6) is 0 Å². The fraction of sp³-hybridized carbons (Fsp3) is 0.400. The Hall–Kier alpha value is -1.61. The first-order chi connectivity index (χ1) is 8.79. The Labute approximate surface area is 107 Å². The number of aliphatic hydroxyl groups excluding tert-OH is 1. The molecule has 0 spiro atoms. The summed E-state index contributed by atoms with van der Waals surface area (Å²) in [6.07, 6.45) is 4.81. The number of para-hydroxylation sites is 1. The lowest BCUT2D eigenvalue weighted by molar-refractivity contribution is 0.173. The topological polar surface area (TPSA) is 38.0 Å². The van der Waals surface area contributed by atoms with Gasteiger partial charge in [0.15, 0.2) is 0 Å². The molecule has 0 saturated heterocycles. The Bertz CT molecular complexity index is 543. The molecule has 1 aliphatic rings. The number of aromatic nitrogens is 2. The van der Waals surface area contributed by atoms with E-state index in [2.05, 4.69) is 11.2 Å². The van der Waals surface area contributed by atoms with Gasteiger partial charge in [0, 0.05) is 17.7 Å². The third kappa shape index (κ3) is 2.06. The normalized spacial score (nSPS) is 16.8. The van der Waals surface area contributed by atoms with Crippen molar-refractivity contribution in [3.63, 3.8) is 0 Å². The lowest BCUT2D eigenvalue weighted by Crippen LogP contribution is -2.04. The molecule has 18 heavy (non-hydrogen) atoms. The van der Waals surface area contributed by atoms with Crippen LogP contribution in [0.2, 0.25) is 0 Å². The molecule has 1 fully saturated rings. The molecule has 3 rings (SSSR count). The first-order valence-corrected chi connectivity index (χ1v) is 6.62. The van der Waals surface area contributed by atoms with E-state index in [0.717, 1.165) is 11.3 Å². The fourth-order valence-electron chi connectivity index (χ4n) is 2.27. The third-order valence-corrected chi connectivity index (χ3v) is 3.53. The van der Waals surface area contributed by atoms with E-state index >= 15 is 0 Å². The summed E-state index contributed by atoms with van der Waals surface area (Å²) < 4.78 is 1.89. The summed E-state index contributed by atoms with van der Waals surface area (Å²) in [4.78, 5) is 0. The van der Waals surface area contributed by atoms with Gasteiger partial charge >= 0.3 is 0 Å². The van der Waals surface area contributed by atoms with Gasteiger partial charge in [-0.15, -0.1) is 0 Å². The van der Waals surface area contributed by atoms with Crippen LogP contribution in [0, 0.1) is 0 Å². The monoisotopic (exact) mass is 242 g/mol. The molecule has 1 N–H and O–H groups in total. The van der Waals surface area contributed by atoms with Crippen LogP contribution in [0.25, 0.3) is 5.69 Å². The van der Waals surface area contributed by atoms with Crippen molar-refractivity contribution >= 4 is 0 Å². The molecule has 2 aromatic rings. The summed E-state index contributed by atoms with van der Waals surface area (Å²) in [6, 6.07) is 10.0. The zero-order valence-electron chi connectivity index (χ0n) is 10.6. The quantitative estimate of drug-likeness (QED) is 0.894. The molecule has 0 bridgehead atoms. The summed E-state index contributed by atoms with van der Waals surface area (Å²) in [6.45, 7) is 1.99. The van der Waals surface area contributed by atoms with Crippen LogP contribution < -0.4 is 0 Å². The Morgan fingerprint density at radius 2 is 2.11 bits per heavy atom. The molecule has 1 aliphatic carbocycles. The molecule has 0 radical (unpaired) electrons. The van der Waals surface area contributed by atoms with E-state index in [9.17, 15) is 5.11 Å². The first kappa shape index (κ1) is 11.5. The highest BCUT2D eigenvalue weighted by Gasteiger charge is 2.26. The van der Waals surface area contributed by atoms with E-state index in [0.29, 0.717) is 12.3 Å². The van der Waals surface area contributed by atoms with E-state index < -0.39 is 6.10 Å². The van der Waals surface area contributed by atoms with Crippen molar-refractivity contribution in [2.24, 2.45) is 0 Å². The highest BCUT2D eigenvalue weighted by molar-refractivity contribution is 5.42. The summed E-state index contributed by atoms with van der Waals surface area (Å²) in [5.74, 6) is 0.662. The van der Waals surface area contributed by atoms with Crippen LogP contribution in [0.1, 0.15) is 49.5 Å². The van der Waals surface area contributed by atoms with Gasteiger partial charge in [0.25, 0.3) is 0 Å². The smallest absolute Gasteiger partial charge is 0.0808 e. The van der Waals surface area contributed by atoms with Crippen LogP contribution in [-0.2, 0) is 0 Å². The standard InChI is InChI=1S/C15H18N2O/c1-2-15(18)12-5-3-4-6-14(12)17-10-9-13(16-17)11-7-8-11/h3-6,9-11,15,18H,2,7-8H2,1H3. The Morgan fingerprint density at radius 3 is 2.83 bits per heavy atom. The number of benzene rings is 1. The zero-order chi connectivity index (χ0) is 12.5. The molecule has 3 heteroatoms. The number of nitrogens with zero attached hydrogens (tertiary/aromatic N) is 2. The van der Waals surface area contributed by atoms with Crippen LogP contribution in [-0.4, -0.2) is 14.9 Å². The van der Waals surface area contributed by atoms with E-state index in [1.807, 2.05) is 42.1 Å². The average molecular weight is 242 g/mol. The summed E-state index contributed by atoms with van der Waals surface area (Å²) >= 11 is 0. The zero-order valence-corrected chi connectivity index (χ0v) is 10.6. The van der Waals surface area contributed by atoms with Crippen molar-refractivity contribution in [1.29, 1.82) is 0 Å². The molecule has 0 aliphatic heterocycles. The van der Waals surface area contributed by atoms with Crippen LogP contribution in [0.15, 0.2) is 36.5 Å². The minimum atomic E-state index is -0.422. The summed E-state index contributed by atoms with van der Waals surface area (Å²) in [7, 11) is 0. The molecule has 1 unspecified atom stereocenters. The predicted molar refractivity (Wildman–Crippen MR) is 70.8 cm³/mol. The maximum Gasteiger partial charge on any atom is 0.0808 e. The Kier molecular flexibility index (Phi) is 2.92. The number of hydrogen-bond acceptors (Lipinski definition) is 2. The van der Waals surface area contributed by atoms with Gasteiger partial charge in [0.2, 0.25) is 0 Å². The Morgan fingerprint density at radius 1 is 1.33 bits per heavy atom. The molecule has 3 nitrogen and oxygen atoms in total. The second-order valence-electron chi connectivity index (χ2n) is 4.94. The van der Waals surface area contributed by atoms with Crippen LogP contribution in [0.3, 0.4) is 0 Å². The third-order valence-electron chi connectivity index (χ3n) is 3.53. The lowest BCUT2D eigenvalue weighted by atomic mass is 10.1. The van der Waals surface area contributed by atoms with Crippen molar-refractivity contribution in [2.45, 2.75) is 38.2 Å². The van der Waals surface area contributed by atoms with Gasteiger partial charge in [-0.25, -0.2) is 4.68 Å². The lowest BCUT2D eigenvalue weighted by Gasteiger charge is -2.13. The van der Waals surface area contributed by atoms with E-state index in [1.165, 1.54) is 18.5 Å². The maximum absolute atomic E-state index is 10.1.